The van der Waals surface area contributed by atoms with Gasteiger partial charge in [0.2, 0.25) is 0 Å². The van der Waals surface area contributed by atoms with Crippen LogP contribution < -0.4 is 5.43 Å². The lowest BCUT2D eigenvalue weighted by Gasteiger charge is -2.12. The van der Waals surface area contributed by atoms with Gasteiger partial charge < -0.3 is 5.43 Å². The number of nitriles is 1. The number of aromatic nitrogens is 2. The van der Waals surface area contributed by atoms with Crippen LogP contribution >= 0.6 is 0 Å². The van der Waals surface area contributed by atoms with Crippen LogP contribution in [0.5, 0.6) is 0 Å². The molecule has 0 aliphatic carbocycles. The number of anilines is 1. The van der Waals surface area contributed by atoms with E-state index >= 15 is 0 Å². The van der Waals surface area contributed by atoms with Gasteiger partial charge >= 0.3 is 0 Å². The summed E-state index contributed by atoms with van der Waals surface area (Å²) in [5, 5.41) is 10.3. The Balaban J connectivity index is 2.91. The maximum Gasteiger partial charge on any atom is 0.184 e. The molecule has 0 saturated heterocycles. The molecule has 0 saturated carbocycles. The molecule has 5 nitrogen and oxygen atoms in total. The van der Waals surface area contributed by atoms with Crippen molar-refractivity contribution in [2.24, 2.45) is 0 Å². The maximum absolute atomic E-state index is 8.62. The van der Waals surface area contributed by atoms with Crippen molar-refractivity contribution >= 4 is 5.82 Å². The van der Waals surface area contributed by atoms with Crippen molar-refractivity contribution < 1.29 is 0 Å². The highest BCUT2D eigenvalue weighted by atomic mass is 15.5. The van der Waals surface area contributed by atoms with Gasteiger partial charge in [-0.15, -0.1) is 0 Å². The topological polar surface area (TPSA) is 64.8 Å². The van der Waals surface area contributed by atoms with Gasteiger partial charge in [0.1, 0.15) is 6.07 Å². The van der Waals surface area contributed by atoms with Crippen LogP contribution in [-0.2, 0) is 0 Å². The van der Waals surface area contributed by atoms with Gasteiger partial charge in [-0.25, -0.2) is 15.0 Å². The lowest BCUT2D eigenvalue weighted by atomic mass is 10.4. The zero-order valence-corrected chi connectivity index (χ0v) is 6.94. The molecule has 1 aromatic rings. The summed E-state index contributed by atoms with van der Waals surface area (Å²) in [5.74, 6) is 0.477. The lowest BCUT2D eigenvalue weighted by Crippen LogP contribution is -2.21. The monoisotopic (exact) mass is 163 g/mol. The van der Waals surface area contributed by atoms with E-state index in [9.17, 15) is 0 Å². The van der Waals surface area contributed by atoms with E-state index in [-0.39, 0.29) is 0 Å². The number of nitrogens with one attached hydrogen (secondary N) is 1. The van der Waals surface area contributed by atoms with Crippen LogP contribution in [0.25, 0.3) is 0 Å². The van der Waals surface area contributed by atoms with Crippen LogP contribution in [0.2, 0.25) is 0 Å². The first-order valence-electron chi connectivity index (χ1n) is 3.39. The van der Waals surface area contributed by atoms with Crippen molar-refractivity contribution in [1.29, 1.82) is 5.26 Å². The molecule has 0 aliphatic heterocycles. The highest BCUT2D eigenvalue weighted by molar-refractivity contribution is 5.45. The minimum atomic E-state index is 0.297. The average Bonchev–Trinajstić information content (AvgIpc) is 2.04. The third-order valence-corrected chi connectivity index (χ3v) is 1.13. The fourth-order valence-electron chi connectivity index (χ4n) is 0.713. The second kappa shape index (κ2) is 3.64. The molecule has 0 fully saturated rings. The van der Waals surface area contributed by atoms with Crippen LogP contribution in [0.4, 0.5) is 5.82 Å². The van der Waals surface area contributed by atoms with Crippen molar-refractivity contribution in [3.63, 3.8) is 0 Å². The first-order valence-corrected chi connectivity index (χ1v) is 3.39. The van der Waals surface area contributed by atoms with Crippen LogP contribution in [0.3, 0.4) is 0 Å². The Labute approximate surface area is 70.6 Å². The van der Waals surface area contributed by atoms with Gasteiger partial charge in [-0.1, -0.05) is 0 Å². The minimum Gasteiger partial charge on any atom is -0.301 e. The molecular weight excluding hydrogens is 154 g/mol. The van der Waals surface area contributed by atoms with Crippen molar-refractivity contribution in [2.75, 3.05) is 19.5 Å². The molecule has 5 heteroatoms. The fourth-order valence-corrected chi connectivity index (χ4v) is 0.713. The van der Waals surface area contributed by atoms with E-state index in [1.807, 2.05) is 20.2 Å². The predicted octanol–water partition coefficient (Wildman–Crippen LogP) is 0.237. The zero-order chi connectivity index (χ0) is 8.97. The van der Waals surface area contributed by atoms with Crippen LogP contribution in [0.1, 0.15) is 5.69 Å². The molecule has 0 spiro atoms. The summed E-state index contributed by atoms with van der Waals surface area (Å²) in [6, 6.07) is 1.94. The molecule has 0 unspecified atom stereocenters. The molecule has 1 heterocycles. The third kappa shape index (κ3) is 1.90. The highest BCUT2D eigenvalue weighted by Gasteiger charge is 2.02. The van der Waals surface area contributed by atoms with Crippen molar-refractivity contribution in [1.82, 2.24) is 15.0 Å². The normalized spacial score (nSPS) is 9.50. The summed E-state index contributed by atoms with van der Waals surface area (Å²) in [5.41, 5.74) is 3.16. The second-order valence-corrected chi connectivity index (χ2v) is 2.37. The van der Waals surface area contributed by atoms with Gasteiger partial charge in [0.15, 0.2) is 11.5 Å². The summed E-state index contributed by atoms with van der Waals surface area (Å²) in [6.45, 7) is 0. The number of nitrogens with zero attached hydrogens (tertiary/aromatic N) is 4. The van der Waals surface area contributed by atoms with E-state index < -0.39 is 0 Å². The van der Waals surface area contributed by atoms with Crippen LogP contribution in [-0.4, -0.2) is 29.1 Å². The number of rotatable bonds is 2. The molecule has 12 heavy (non-hydrogen) atoms. The van der Waals surface area contributed by atoms with E-state index in [1.54, 1.807) is 5.01 Å². The first-order chi connectivity index (χ1) is 5.74. The fraction of sp³-hybridized carbons (Fsp3) is 0.286. The van der Waals surface area contributed by atoms with E-state index in [0.29, 0.717) is 11.5 Å². The smallest absolute Gasteiger partial charge is 0.184 e. The Morgan fingerprint density at radius 1 is 1.42 bits per heavy atom. The summed E-state index contributed by atoms with van der Waals surface area (Å²) >= 11 is 0. The average molecular weight is 163 g/mol. The van der Waals surface area contributed by atoms with E-state index in [1.165, 1.54) is 12.4 Å². The molecule has 0 amide bonds. The largest absolute Gasteiger partial charge is 0.301 e. The Bertz CT molecular complexity index is 301. The lowest BCUT2D eigenvalue weighted by molar-refractivity contribution is 0.491. The van der Waals surface area contributed by atoms with Crippen LogP contribution in [0.15, 0.2) is 12.4 Å². The molecule has 1 N–H and O–H groups in total. The van der Waals surface area contributed by atoms with E-state index in [4.69, 9.17) is 5.26 Å². The van der Waals surface area contributed by atoms with Gasteiger partial charge in [0.25, 0.3) is 0 Å². The molecule has 1 rings (SSSR count). The Morgan fingerprint density at radius 3 is 2.67 bits per heavy atom. The van der Waals surface area contributed by atoms with Gasteiger partial charge in [-0.3, -0.25) is 0 Å². The number of hydrazine groups is 1. The van der Waals surface area contributed by atoms with Crippen LogP contribution in [0, 0.1) is 11.3 Å². The molecule has 1 aromatic heterocycles. The first kappa shape index (κ1) is 8.43. The summed E-state index contributed by atoms with van der Waals surface area (Å²) in [6.07, 6.45) is 3.02. The molecule has 0 atom stereocenters. The molecule has 0 aliphatic rings. The van der Waals surface area contributed by atoms with Gasteiger partial charge in [-0.2, -0.15) is 5.26 Å². The number of hydrogen-bond donors (Lipinski definition) is 1. The standard InChI is InChI=1S/C7H9N5/c1-12(2)11-7-6(5-8)9-3-4-10-7/h3-4H,1-2H3,(H,10,11). The predicted molar refractivity (Wildman–Crippen MR) is 44.1 cm³/mol. The molecule has 0 radical (unpaired) electrons. The summed E-state index contributed by atoms with van der Waals surface area (Å²) in [7, 11) is 3.63. The molecule has 0 aromatic carbocycles. The van der Waals surface area contributed by atoms with Gasteiger partial charge in [0, 0.05) is 26.5 Å². The SMILES string of the molecule is CN(C)Nc1nccnc1C#N. The molecule has 62 valence electrons. The third-order valence-electron chi connectivity index (χ3n) is 1.13. The molecular formula is C7H9N5. The highest BCUT2D eigenvalue weighted by Crippen LogP contribution is 2.05. The maximum atomic E-state index is 8.62. The van der Waals surface area contributed by atoms with Crippen molar-refractivity contribution in [3.05, 3.63) is 18.1 Å². The zero-order valence-electron chi connectivity index (χ0n) is 6.94. The Kier molecular flexibility index (Phi) is 2.56. The second-order valence-electron chi connectivity index (χ2n) is 2.37. The van der Waals surface area contributed by atoms with E-state index in [2.05, 4.69) is 15.4 Å². The summed E-state index contributed by atoms with van der Waals surface area (Å²) in [4.78, 5) is 7.79. The molecule has 0 bridgehead atoms. The van der Waals surface area contributed by atoms with Gasteiger partial charge in [-0.05, 0) is 0 Å². The van der Waals surface area contributed by atoms with Crippen molar-refractivity contribution in [3.8, 4) is 6.07 Å². The van der Waals surface area contributed by atoms with Gasteiger partial charge in [0.05, 0.1) is 0 Å². The van der Waals surface area contributed by atoms with E-state index in [0.717, 1.165) is 0 Å². The summed E-state index contributed by atoms with van der Waals surface area (Å²) < 4.78 is 0. The number of hydrogen-bond acceptors (Lipinski definition) is 5. The quantitative estimate of drug-likeness (QED) is 0.632. The Morgan fingerprint density at radius 2 is 2.08 bits per heavy atom. The van der Waals surface area contributed by atoms with Crippen molar-refractivity contribution in [2.45, 2.75) is 0 Å². The minimum absolute atomic E-state index is 0.297. The Hall–Kier alpha value is -1.67.